The van der Waals surface area contributed by atoms with E-state index < -0.39 is 18.0 Å². The average molecular weight is 200 g/mol. The molecule has 1 N–H and O–H groups in total. The van der Waals surface area contributed by atoms with Crippen molar-refractivity contribution in [3.63, 3.8) is 0 Å². The van der Waals surface area contributed by atoms with Gasteiger partial charge in [-0.15, -0.1) is 0 Å². The molecule has 0 bridgehead atoms. The third-order valence-electron chi connectivity index (χ3n) is 2.51. The number of esters is 1. The van der Waals surface area contributed by atoms with E-state index in [-0.39, 0.29) is 12.4 Å². The van der Waals surface area contributed by atoms with Crippen LogP contribution < -0.4 is 0 Å². The SMILES string of the molecule is CCOC(=O)[C@H](O)[C@H]1CCCCC1=O. The number of rotatable bonds is 3. The van der Waals surface area contributed by atoms with Crippen LogP contribution in [0.25, 0.3) is 0 Å². The van der Waals surface area contributed by atoms with Gasteiger partial charge in [-0.1, -0.05) is 6.42 Å². The number of carbonyl (C=O) groups excluding carboxylic acids is 2. The van der Waals surface area contributed by atoms with Crippen molar-refractivity contribution in [3.8, 4) is 0 Å². The van der Waals surface area contributed by atoms with Gasteiger partial charge in [0.1, 0.15) is 5.78 Å². The molecule has 0 amide bonds. The number of ketones is 1. The quantitative estimate of drug-likeness (QED) is 0.680. The average Bonchev–Trinajstić information content (AvgIpc) is 2.18. The van der Waals surface area contributed by atoms with Gasteiger partial charge in [0.15, 0.2) is 6.10 Å². The molecule has 14 heavy (non-hydrogen) atoms. The molecule has 0 aromatic rings. The topological polar surface area (TPSA) is 63.6 Å². The number of aliphatic hydroxyl groups is 1. The normalized spacial score (nSPS) is 24.4. The highest BCUT2D eigenvalue weighted by Gasteiger charge is 2.34. The van der Waals surface area contributed by atoms with Gasteiger partial charge in [-0.05, 0) is 19.8 Å². The fourth-order valence-electron chi connectivity index (χ4n) is 1.74. The molecule has 0 radical (unpaired) electrons. The number of carbonyl (C=O) groups is 2. The summed E-state index contributed by atoms with van der Waals surface area (Å²) in [6, 6.07) is 0. The Balaban J connectivity index is 2.53. The highest BCUT2D eigenvalue weighted by atomic mass is 16.5. The van der Waals surface area contributed by atoms with Gasteiger partial charge in [0.2, 0.25) is 0 Å². The maximum absolute atomic E-state index is 11.4. The molecule has 0 saturated heterocycles. The van der Waals surface area contributed by atoms with Crippen molar-refractivity contribution >= 4 is 11.8 Å². The van der Waals surface area contributed by atoms with E-state index in [1.165, 1.54) is 0 Å². The summed E-state index contributed by atoms with van der Waals surface area (Å²) in [5.41, 5.74) is 0. The first-order valence-electron chi connectivity index (χ1n) is 5.04. The van der Waals surface area contributed by atoms with Crippen molar-refractivity contribution in [1.29, 1.82) is 0 Å². The summed E-state index contributed by atoms with van der Waals surface area (Å²) in [4.78, 5) is 22.5. The minimum atomic E-state index is -1.26. The van der Waals surface area contributed by atoms with Gasteiger partial charge in [-0.2, -0.15) is 0 Å². The van der Waals surface area contributed by atoms with Crippen LogP contribution in [0, 0.1) is 5.92 Å². The molecular formula is C10H16O4. The summed E-state index contributed by atoms with van der Waals surface area (Å²) in [6.07, 6.45) is 1.57. The molecule has 1 aliphatic rings. The first-order chi connectivity index (χ1) is 6.66. The van der Waals surface area contributed by atoms with E-state index in [9.17, 15) is 14.7 Å². The Kier molecular flexibility index (Phi) is 4.07. The largest absolute Gasteiger partial charge is 0.464 e. The van der Waals surface area contributed by atoms with Crippen molar-refractivity contribution < 1.29 is 19.4 Å². The van der Waals surface area contributed by atoms with E-state index in [1.54, 1.807) is 6.92 Å². The van der Waals surface area contributed by atoms with E-state index >= 15 is 0 Å². The monoisotopic (exact) mass is 200 g/mol. The maximum Gasteiger partial charge on any atom is 0.335 e. The molecule has 4 heteroatoms. The van der Waals surface area contributed by atoms with Gasteiger partial charge in [-0.3, -0.25) is 4.79 Å². The molecule has 0 unspecified atom stereocenters. The van der Waals surface area contributed by atoms with Gasteiger partial charge in [0.05, 0.1) is 12.5 Å². The Morgan fingerprint density at radius 3 is 2.93 bits per heavy atom. The van der Waals surface area contributed by atoms with Gasteiger partial charge in [0.25, 0.3) is 0 Å². The molecule has 0 spiro atoms. The zero-order valence-corrected chi connectivity index (χ0v) is 8.36. The van der Waals surface area contributed by atoms with E-state index in [2.05, 4.69) is 4.74 Å². The second-order valence-electron chi connectivity index (χ2n) is 3.52. The molecule has 1 aliphatic carbocycles. The molecule has 0 aliphatic heterocycles. The van der Waals surface area contributed by atoms with Crippen LogP contribution in [0.4, 0.5) is 0 Å². The van der Waals surface area contributed by atoms with Crippen molar-refractivity contribution in [2.24, 2.45) is 5.92 Å². The predicted molar refractivity (Wildman–Crippen MR) is 49.6 cm³/mol. The number of Topliss-reactive ketones (excluding diaryl/α,β-unsaturated/α-hetero) is 1. The molecule has 80 valence electrons. The molecule has 1 saturated carbocycles. The minimum absolute atomic E-state index is 0.0168. The summed E-state index contributed by atoms with van der Waals surface area (Å²) in [7, 11) is 0. The van der Waals surface area contributed by atoms with Crippen LogP contribution in [-0.2, 0) is 14.3 Å². The van der Waals surface area contributed by atoms with E-state index in [1.807, 2.05) is 0 Å². The highest BCUT2D eigenvalue weighted by molar-refractivity contribution is 5.88. The third kappa shape index (κ3) is 2.54. The zero-order valence-electron chi connectivity index (χ0n) is 8.36. The molecular weight excluding hydrogens is 184 g/mol. The third-order valence-corrected chi connectivity index (χ3v) is 2.51. The van der Waals surface area contributed by atoms with Crippen LogP contribution in [0.15, 0.2) is 0 Å². The summed E-state index contributed by atoms with van der Waals surface area (Å²) >= 11 is 0. The first kappa shape index (κ1) is 11.2. The Bertz CT molecular complexity index is 224. The Morgan fingerprint density at radius 1 is 1.64 bits per heavy atom. The van der Waals surface area contributed by atoms with Crippen molar-refractivity contribution in [1.82, 2.24) is 0 Å². The first-order valence-corrected chi connectivity index (χ1v) is 5.04. The molecule has 4 nitrogen and oxygen atoms in total. The summed E-state index contributed by atoms with van der Waals surface area (Å²) in [5.74, 6) is -1.23. The lowest BCUT2D eigenvalue weighted by molar-refractivity contribution is -0.159. The number of ether oxygens (including phenoxy) is 1. The van der Waals surface area contributed by atoms with E-state index in [4.69, 9.17) is 0 Å². The van der Waals surface area contributed by atoms with Crippen molar-refractivity contribution in [3.05, 3.63) is 0 Å². The second kappa shape index (κ2) is 5.10. The smallest absolute Gasteiger partial charge is 0.335 e. The van der Waals surface area contributed by atoms with Gasteiger partial charge in [-0.25, -0.2) is 4.79 Å². The van der Waals surface area contributed by atoms with Crippen LogP contribution in [0.5, 0.6) is 0 Å². The summed E-state index contributed by atoms with van der Waals surface area (Å²) in [5, 5.41) is 9.55. The van der Waals surface area contributed by atoms with Crippen LogP contribution in [0.3, 0.4) is 0 Å². The molecule has 1 fully saturated rings. The van der Waals surface area contributed by atoms with Gasteiger partial charge in [0, 0.05) is 6.42 Å². The fraction of sp³-hybridized carbons (Fsp3) is 0.800. The lowest BCUT2D eigenvalue weighted by Crippen LogP contribution is -2.37. The summed E-state index contributed by atoms with van der Waals surface area (Å²) in [6.45, 7) is 1.91. The predicted octanol–water partition coefficient (Wildman–Crippen LogP) is 0.670. The Labute approximate surface area is 83.2 Å². The molecule has 0 aromatic heterocycles. The second-order valence-corrected chi connectivity index (χ2v) is 3.52. The van der Waals surface area contributed by atoms with Gasteiger partial charge < -0.3 is 9.84 Å². The minimum Gasteiger partial charge on any atom is -0.464 e. The van der Waals surface area contributed by atoms with Crippen LogP contribution in [0.1, 0.15) is 32.6 Å². The molecule has 1 rings (SSSR count). The molecule has 0 aromatic carbocycles. The number of hydrogen-bond acceptors (Lipinski definition) is 4. The van der Waals surface area contributed by atoms with Crippen molar-refractivity contribution in [2.45, 2.75) is 38.7 Å². The highest BCUT2D eigenvalue weighted by Crippen LogP contribution is 2.24. The molecule has 2 atom stereocenters. The number of hydrogen-bond donors (Lipinski definition) is 1. The Morgan fingerprint density at radius 2 is 2.36 bits per heavy atom. The maximum atomic E-state index is 11.4. The van der Waals surface area contributed by atoms with Crippen LogP contribution in [-0.4, -0.2) is 29.6 Å². The van der Waals surface area contributed by atoms with Gasteiger partial charge >= 0.3 is 5.97 Å². The molecule has 0 heterocycles. The van der Waals surface area contributed by atoms with Crippen molar-refractivity contribution in [2.75, 3.05) is 6.61 Å². The van der Waals surface area contributed by atoms with E-state index in [0.29, 0.717) is 12.8 Å². The zero-order chi connectivity index (χ0) is 10.6. The Hall–Kier alpha value is -0.900. The lowest BCUT2D eigenvalue weighted by Gasteiger charge is -2.23. The standard InChI is InChI=1S/C10H16O4/c1-2-14-10(13)9(12)7-5-3-4-6-8(7)11/h7,9,12H,2-6H2,1H3/t7-,9+/m0/s1. The summed E-state index contributed by atoms with van der Waals surface area (Å²) < 4.78 is 4.66. The fourth-order valence-corrected chi connectivity index (χ4v) is 1.74. The lowest BCUT2D eigenvalue weighted by atomic mass is 9.84. The number of aliphatic hydroxyl groups excluding tert-OH is 1. The van der Waals surface area contributed by atoms with Crippen LogP contribution >= 0.6 is 0 Å². The van der Waals surface area contributed by atoms with Crippen LogP contribution in [0.2, 0.25) is 0 Å². The van der Waals surface area contributed by atoms with E-state index in [0.717, 1.165) is 12.8 Å².